The molecule has 15 heavy (non-hydrogen) atoms. The van der Waals surface area contributed by atoms with Crippen molar-refractivity contribution in [2.75, 3.05) is 26.9 Å². The van der Waals surface area contributed by atoms with Crippen molar-refractivity contribution in [1.29, 1.82) is 0 Å². The zero-order chi connectivity index (χ0) is 10.7. The molecule has 0 saturated carbocycles. The van der Waals surface area contributed by atoms with Gasteiger partial charge in [-0.1, -0.05) is 12.1 Å². The lowest BCUT2D eigenvalue weighted by Crippen LogP contribution is -2.30. The second-order valence-corrected chi connectivity index (χ2v) is 3.97. The fourth-order valence-corrected chi connectivity index (χ4v) is 2.00. The molecule has 0 aliphatic carbocycles. The van der Waals surface area contributed by atoms with Gasteiger partial charge in [-0.05, 0) is 24.1 Å². The first-order valence-electron chi connectivity index (χ1n) is 5.14. The summed E-state index contributed by atoms with van der Waals surface area (Å²) in [4.78, 5) is 0. The van der Waals surface area contributed by atoms with Crippen LogP contribution in [-0.2, 0) is 10.2 Å². The third kappa shape index (κ3) is 1.85. The van der Waals surface area contributed by atoms with Crippen LogP contribution >= 0.6 is 0 Å². The second-order valence-electron chi connectivity index (χ2n) is 3.97. The number of hydrogen-bond donors (Lipinski definition) is 1. The van der Waals surface area contributed by atoms with Gasteiger partial charge in [0.15, 0.2) is 0 Å². The minimum Gasteiger partial charge on any atom is -0.497 e. The molecule has 3 heteroatoms. The van der Waals surface area contributed by atoms with Crippen LogP contribution in [0.4, 0.5) is 0 Å². The van der Waals surface area contributed by atoms with Crippen molar-refractivity contribution < 1.29 is 14.6 Å². The highest BCUT2D eigenvalue weighted by molar-refractivity contribution is 5.33. The van der Waals surface area contributed by atoms with Crippen LogP contribution < -0.4 is 4.74 Å². The van der Waals surface area contributed by atoms with E-state index in [9.17, 15) is 5.11 Å². The van der Waals surface area contributed by atoms with Crippen molar-refractivity contribution in [1.82, 2.24) is 0 Å². The number of ether oxygens (including phenoxy) is 2. The van der Waals surface area contributed by atoms with E-state index in [4.69, 9.17) is 9.47 Å². The second kappa shape index (κ2) is 4.21. The van der Waals surface area contributed by atoms with Crippen LogP contribution in [0, 0.1) is 0 Å². The lowest BCUT2D eigenvalue weighted by atomic mass is 9.81. The molecule has 2 rings (SSSR count). The van der Waals surface area contributed by atoms with Gasteiger partial charge in [0.2, 0.25) is 0 Å². The molecule has 3 nitrogen and oxygen atoms in total. The quantitative estimate of drug-likeness (QED) is 0.814. The number of aliphatic hydroxyl groups excluding tert-OH is 1. The highest BCUT2D eigenvalue weighted by Gasteiger charge is 2.35. The molecule has 1 aliphatic rings. The number of aliphatic hydroxyl groups is 1. The van der Waals surface area contributed by atoms with Crippen molar-refractivity contribution in [2.24, 2.45) is 0 Å². The monoisotopic (exact) mass is 208 g/mol. The van der Waals surface area contributed by atoms with E-state index >= 15 is 0 Å². The van der Waals surface area contributed by atoms with Crippen molar-refractivity contribution in [3.63, 3.8) is 0 Å². The molecule has 82 valence electrons. The topological polar surface area (TPSA) is 38.7 Å². The van der Waals surface area contributed by atoms with Crippen molar-refractivity contribution >= 4 is 0 Å². The van der Waals surface area contributed by atoms with Gasteiger partial charge < -0.3 is 14.6 Å². The van der Waals surface area contributed by atoms with Crippen LogP contribution in [0.1, 0.15) is 12.0 Å². The molecule has 1 N–H and O–H groups in total. The van der Waals surface area contributed by atoms with Crippen LogP contribution in [0.25, 0.3) is 0 Å². The predicted octanol–water partition coefficient (Wildman–Crippen LogP) is 1.35. The van der Waals surface area contributed by atoms with Gasteiger partial charge in [-0.15, -0.1) is 0 Å². The predicted molar refractivity (Wildman–Crippen MR) is 57.2 cm³/mol. The van der Waals surface area contributed by atoms with Crippen LogP contribution in [-0.4, -0.2) is 32.0 Å². The zero-order valence-electron chi connectivity index (χ0n) is 8.90. The van der Waals surface area contributed by atoms with E-state index in [2.05, 4.69) is 0 Å². The van der Waals surface area contributed by atoms with Gasteiger partial charge >= 0.3 is 0 Å². The van der Waals surface area contributed by atoms with E-state index in [1.807, 2.05) is 24.3 Å². The van der Waals surface area contributed by atoms with Gasteiger partial charge in [0.25, 0.3) is 0 Å². The Bertz CT molecular complexity index is 312. The summed E-state index contributed by atoms with van der Waals surface area (Å²) in [6.07, 6.45) is 0.885. The zero-order valence-corrected chi connectivity index (χ0v) is 8.90. The number of methoxy groups -OCH3 is 1. The molecule has 1 aromatic rings. The molecule has 0 spiro atoms. The maximum atomic E-state index is 9.49. The Balaban J connectivity index is 2.26. The van der Waals surface area contributed by atoms with Gasteiger partial charge in [0, 0.05) is 12.0 Å². The average molecular weight is 208 g/mol. The SMILES string of the molecule is COc1ccc([C@]2(CO)CCOC2)cc1. The van der Waals surface area contributed by atoms with Crippen LogP contribution in [0.2, 0.25) is 0 Å². The lowest BCUT2D eigenvalue weighted by molar-refractivity contribution is 0.140. The molecule has 1 saturated heterocycles. The summed E-state index contributed by atoms with van der Waals surface area (Å²) >= 11 is 0. The Morgan fingerprint density at radius 2 is 2.13 bits per heavy atom. The van der Waals surface area contributed by atoms with Crippen molar-refractivity contribution in [2.45, 2.75) is 11.8 Å². The highest BCUT2D eigenvalue weighted by Crippen LogP contribution is 2.33. The Labute approximate surface area is 89.6 Å². The molecule has 0 unspecified atom stereocenters. The Hall–Kier alpha value is -1.06. The minimum atomic E-state index is -0.202. The number of hydrogen-bond acceptors (Lipinski definition) is 3. The maximum Gasteiger partial charge on any atom is 0.118 e. The van der Waals surface area contributed by atoms with E-state index in [1.54, 1.807) is 7.11 Å². The Kier molecular flexibility index (Phi) is 2.93. The maximum absolute atomic E-state index is 9.49. The smallest absolute Gasteiger partial charge is 0.118 e. The normalized spacial score (nSPS) is 25.5. The number of benzene rings is 1. The summed E-state index contributed by atoms with van der Waals surface area (Å²) in [5.41, 5.74) is 0.926. The molecule has 1 aliphatic heterocycles. The molecule has 1 heterocycles. The van der Waals surface area contributed by atoms with Gasteiger partial charge in [-0.25, -0.2) is 0 Å². The minimum absolute atomic E-state index is 0.138. The van der Waals surface area contributed by atoms with Gasteiger partial charge in [0.1, 0.15) is 5.75 Å². The molecule has 0 aromatic heterocycles. The summed E-state index contributed by atoms with van der Waals surface area (Å²) in [6, 6.07) is 7.85. The summed E-state index contributed by atoms with van der Waals surface area (Å²) in [5, 5.41) is 9.49. The summed E-state index contributed by atoms with van der Waals surface area (Å²) in [7, 11) is 1.65. The van der Waals surface area contributed by atoms with Gasteiger partial charge in [0.05, 0.1) is 20.3 Å². The highest BCUT2D eigenvalue weighted by atomic mass is 16.5. The fraction of sp³-hybridized carbons (Fsp3) is 0.500. The first-order chi connectivity index (χ1) is 7.30. The summed E-state index contributed by atoms with van der Waals surface area (Å²) in [6.45, 7) is 1.47. The van der Waals surface area contributed by atoms with E-state index < -0.39 is 0 Å². The third-order valence-corrected chi connectivity index (χ3v) is 3.11. The molecule has 0 amide bonds. The van der Waals surface area contributed by atoms with Gasteiger partial charge in [-0.2, -0.15) is 0 Å². The van der Waals surface area contributed by atoms with E-state index in [-0.39, 0.29) is 12.0 Å². The lowest BCUT2D eigenvalue weighted by Gasteiger charge is -2.25. The van der Waals surface area contributed by atoms with E-state index in [1.165, 1.54) is 0 Å². The first kappa shape index (κ1) is 10.5. The van der Waals surface area contributed by atoms with Crippen molar-refractivity contribution in [3.8, 4) is 5.75 Å². The van der Waals surface area contributed by atoms with Gasteiger partial charge in [-0.3, -0.25) is 0 Å². The molecular formula is C12H16O3. The third-order valence-electron chi connectivity index (χ3n) is 3.11. The van der Waals surface area contributed by atoms with E-state index in [0.29, 0.717) is 6.61 Å². The summed E-state index contributed by atoms with van der Waals surface area (Å²) in [5.74, 6) is 0.839. The Morgan fingerprint density at radius 3 is 2.60 bits per heavy atom. The van der Waals surface area contributed by atoms with E-state index in [0.717, 1.165) is 24.3 Å². The van der Waals surface area contributed by atoms with Crippen molar-refractivity contribution in [3.05, 3.63) is 29.8 Å². The first-order valence-corrected chi connectivity index (χ1v) is 5.14. The molecule has 1 fully saturated rings. The molecule has 1 aromatic carbocycles. The average Bonchev–Trinajstić information content (AvgIpc) is 2.79. The van der Waals surface area contributed by atoms with Crippen LogP contribution in [0.3, 0.4) is 0 Å². The summed E-state index contributed by atoms with van der Waals surface area (Å²) < 4.78 is 10.5. The largest absolute Gasteiger partial charge is 0.497 e. The number of rotatable bonds is 3. The molecule has 1 atom stereocenters. The molecule has 0 bridgehead atoms. The van der Waals surface area contributed by atoms with Crippen LogP contribution in [0.15, 0.2) is 24.3 Å². The Morgan fingerprint density at radius 1 is 1.40 bits per heavy atom. The molecular weight excluding hydrogens is 192 g/mol. The fourth-order valence-electron chi connectivity index (χ4n) is 2.00. The standard InChI is InChI=1S/C12H16O3/c1-14-11-4-2-10(3-5-11)12(8-13)6-7-15-9-12/h2-5,13H,6-9H2,1H3/t12-/m0/s1. The molecule has 0 radical (unpaired) electrons. The van der Waals surface area contributed by atoms with Crippen LogP contribution in [0.5, 0.6) is 5.75 Å².